The SMILES string of the molecule is O=C(O)c1cc(-c2ccccc2C(F)(F)F)n(C2CCCC2)n1. The summed E-state index contributed by atoms with van der Waals surface area (Å²) in [4.78, 5) is 11.2. The van der Waals surface area contributed by atoms with Crippen molar-refractivity contribution in [2.45, 2.75) is 37.9 Å². The van der Waals surface area contributed by atoms with Crippen LogP contribution in [-0.2, 0) is 6.18 Å². The quantitative estimate of drug-likeness (QED) is 0.911. The van der Waals surface area contributed by atoms with Crippen molar-refractivity contribution in [3.63, 3.8) is 0 Å². The number of carboxylic acid groups (broad SMARTS) is 1. The lowest BCUT2D eigenvalue weighted by Gasteiger charge is -2.17. The van der Waals surface area contributed by atoms with E-state index in [0.717, 1.165) is 31.7 Å². The summed E-state index contributed by atoms with van der Waals surface area (Å²) in [5.74, 6) is -1.24. The monoisotopic (exact) mass is 324 g/mol. The molecule has 0 saturated heterocycles. The predicted octanol–water partition coefficient (Wildman–Crippen LogP) is 4.38. The fourth-order valence-corrected chi connectivity index (χ4v) is 3.08. The topological polar surface area (TPSA) is 55.1 Å². The summed E-state index contributed by atoms with van der Waals surface area (Å²) in [6.07, 6.45) is -0.991. The average Bonchev–Trinajstić information content (AvgIpc) is 3.15. The van der Waals surface area contributed by atoms with Crippen molar-refractivity contribution in [2.75, 3.05) is 0 Å². The average molecular weight is 324 g/mol. The first kappa shape index (κ1) is 15.6. The van der Waals surface area contributed by atoms with E-state index in [1.807, 2.05) is 0 Å². The number of aromatic nitrogens is 2. The van der Waals surface area contributed by atoms with Crippen LogP contribution in [0.25, 0.3) is 11.3 Å². The minimum absolute atomic E-state index is 0.0353. The molecule has 0 atom stereocenters. The van der Waals surface area contributed by atoms with E-state index in [2.05, 4.69) is 5.10 Å². The molecule has 1 heterocycles. The molecule has 3 rings (SSSR count). The second-order valence-electron chi connectivity index (χ2n) is 5.65. The molecule has 1 fully saturated rings. The van der Waals surface area contributed by atoms with Gasteiger partial charge in [0, 0.05) is 5.56 Å². The molecule has 7 heteroatoms. The van der Waals surface area contributed by atoms with Crippen LogP contribution in [0.4, 0.5) is 13.2 Å². The number of benzene rings is 1. The minimum Gasteiger partial charge on any atom is -0.476 e. The summed E-state index contributed by atoms with van der Waals surface area (Å²) in [7, 11) is 0. The fourth-order valence-electron chi connectivity index (χ4n) is 3.08. The number of halogens is 3. The molecule has 1 aromatic carbocycles. The van der Waals surface area contributed by atoms with E-state index in [0.29, 0.717) is 0 Å². The maximum absolute atomic E-state index is 13.3. The molecule has 2 aromatic rings. The van der Waals surface area contributed by atoms with Crippen molar-refractivity contribution in [2.24, 2.45) is 0 Å². The highest BCUT2D eigenvalue weighted by atomic mass is 19.4. The van der Waals surface area contributed by atoms with Crippen molar-refractivity contribution >= 4 is 5.97 Å². The number of hydrogen-bond acceptors (Lipinski definition) is 2. The van der Waals surface area contributed by atoms with Crippen molar-refractivity contribution in [3.05, 3.63) is 41.6 Å². The molecule has 23 heavy (non-hydrogen) atoms. The molecule has 1 saturated carbocycles. The van der Waals surface area contributed by atoms with Crippen LogP contribution >= 0.6 is 0 Å². The first-order chi connectivity index (χ1) is 10.9. The molecular weight excluding hydrogens is 309 g/mol. The molecule has 4 nitrogen and oxygen atoms in total. The second-order valence-corrected chi connectivity index (χ2v) is 5.65. The number of rotatable bonds is 3. The molecule has 1 aliphatic carbocycles. The van der Waals surface area contributed by atoms with Crippen molar-refractivity contribution < 1.29 is 23.1 Å². The van der Waals surface area contributed by atoms with Crippen LogP contribution < -0.4 is 0 Å². The Hall–Kier alpha value is -2.31. The van der Waals surface area contributed by atoms with Gasteiger partial charge in [0.15, 0.2) is 5.69 Å². The summed E-state index contributed by atoms with van der Waals surface area (Å²) in [6, 6.07) is 6.36. The molecule has 0 unspecified atom stereocenters. The summed E-state index contributed by atoms with van der Waals surface area (Å²) in [5.41, 5.74) is -0.839. The Morgan fingerprint density at radius 1 is 1.22 bits per heavy atom. The van der Waals surface area contributed by atoms with Crippen LogP contribution in [-0.4, -0.2) is 20.9 Å². The third-order valence-corrected chi connectivity index (χ3v) is 4.13. The van der Waals surface area contributed by atoms with Gasteiger partial charge in [0.25, 0.3) is 0 Å². The number of alkyl halides is 3. The van der Waals surface area contributed by atoms with Crippen molar-refractivity contribution in [1.29, 1.82) is 0 Å². The predicted molar refractivity (Wildman–Crippen MR) is 77.1 cm³/mol. The molecule has 0 amide bonds. The first-order valence-electron chi connectivity index (χ1n) is 7.37. The number of carbonyl (C=O) groups is 1. The van der Waals surface area contributed by atoms with Gasteiger partial charge in [-0.1, -0.05) is 31.0 Å². The highest BCUT2D eigenvalue weighted by Crippen LogP contribution is 2.39. The second kappa shape index (κ2) is 5.72. The van der Waals surface area contributed by atoms with Crippen molar-refractivity contribution in [3.8, 4) is 11.3 Å². The molecule has 0 spiro atoms. The van der Waals surface area contributed by atoms with E-state index >= 15 is 0 Å². The lowest BCUT2D eigenvalue weighted by molar-refractivity contribution is -0.137. The van der Waals surface area contributed by atoms with E-state index in [9.17, 15) is 18.0 Å². The van der Waals surface area contributed by atoms with Gasteiger partial charge >= 0.3 is 12.1 Å². The van der Waals surface area contributed by atoms with E-state index in [1.165, 1.54) is 28.9 Å². The van der Waals surface area contributed by atoms with E-state index < -0.39 is 17.7 Å². The summed E-state index contributed by atoms with van der Waals surface area (Å²) < 4.78 is 41.2. The van der Waals surface area contributed by atoms with Gasteiger partial charge < -0.3 is 5.11 Å². The van der Waals surface area contributed by atoms with Crippen LogP contribution in [0.5, 0.6) is 0 Å². The highest BCUT2D eigenvalue weighted by molar-refractivity contribution is 5.87. The third kappa shape index (κ3) is 2.95. The molecule has 1 aliphatic rings. The van der Waals surface area contributed by atoms with Crippen LogP contribution in [0.1, 0.15) is 47.8 Å². The fraction of sp³-hybridized carbons (Fsp3) is 0.375. The summed E-state index contributed by atoms with van der Waals surface area (Å²) >= 11 is 0. The van der Waals surface area contributed by atoms with E-state index in [-0.39, 0.29) is 23.0 Å². The van der Waals surface area contributed by atoms with Gasteiger partial charge in [0.05, 0.1) is 17.3 Å². The van der Waals surface area contributed by atoms with Gasteiger partial charge in [0.1, 0.15) is 0 Å². The zero-order chi connectivity index (χ0) is 16.6. The molecule has 0 radical (unpaired) electrons. The van der Waals surface area contributed by atoms with Gasteiger partial charge in [-0.3, -0.25) is 4.68 Å². The normalized spacial score (nSPS) is 16.0. The summed E-state index contributed by atoms with van der Waals surface area (Å²) in [5, 5.41) is 13.2. The zero-order valence-electron chi connectivity index (χ0n) is 12.2. The molecule has 0 aliphatic heterocycles. The molecule has 1 aromatic heterocycles. The number of carboxylic acids is 1. The Morgan fingerprint density at radius 3 is 2.48 bits per heavy atom. The summed E-state index contributed by atoms with van der Waals surface area (Å²) in [6.45, 7) is 0. The van der Waals surface area contributed by atoms with Gasteiger partial charge in [-0.25, -0.2) is 4.79 Å². The van der Waals surface area contributed by atoms with Crippen molar-refractivity contribution in [1.82, 2.24) is 9.78 Å². The molecule has 1 N–H and O–H groups in total. The van der Waals surface area contributed by atoms with E-state index in [4.69, 9.17) is 5.11 Å². The zero-order valence-corrected chi connectivity index (χ0v) is 12.2. The molecular formula is C16H15F3N2O2. The molecule has 0 bridgehead atoms. The van der Waals surface area contributed by atoms with Crippen LogP contribution in [0.3, 0.4) is 0 Å². The third-order valence-electron chi connectivity index (χ3n) is 4.13. The van der Waals surface area contributed by atoms with Gasteiger partial charge in [0.2, 0.25) is 0 Å². The van der Waals surface area contributed by atoms with Crippen LogP contribution in [0.15, 0.2) is 30.3 Å². The Labute approximate surface area is 130 Å². The number of aromatic carboxylic acids is 1. The van der Waals surface area contributed by atoms with Gasteiger partial charge in [-0.15, -0.1) is 0 Å². The Morgan fingerprint density at radius 2 is 1.87 bits per heavy atom. The molecule has 122 valence electrons. The Bertz CT molecular complexity index is 731. The maximum atomic E-state index is 13.3. The number of hydrogen-bond donors (Lipinski definition) is 1. The van der Waals surface area contributed by atoms with Crippen LogP contribution in [0, 0.1) is 0 Å². The smallest absolute Gasteiger partial charge is 0.417 e. The first-order valence-corrected chi connectivity index (χ1v) is 7.37. The maximum Gasteiger partial charge on any atom is 0.417 e. The van der Waals surface area contributed by atoms with Crippen LogP contribution in [0.2, 0.25) is 0 Å². The van der Waals surface area contributed by atoms with E-state index in [1.54, 1.807) is 0 Å². The van der Waals surface area contributed by atoms with Gasteiger partial charge in [-0.05, 0) is 25.0 Å². The van der Waals surface area contributed by atoms with Gasteiger partial charge in [-0.2, -0.15) is 18.3 Å². The Kier molecular flexibility index (Phi) is 3.87. The highest BCUT2D eigenvalue weighted by Gasteiger charge is 2.35. The lowest BCUT2D eigenvalue weighted by Crippen LogP contribution is -2.12. The largest absolute Gasteiger partial charge is 0.476 e. The Balaban J connectivity index is 2.18. The number of nitrogens with zero attached hydrogens (tertiary/aromatic N) is 2. The minimum atomic E-state index is -4.51. The lowest BCUT2D eigenvalue weighted by atomic mass is 10.0. The standard InChI is InChI=1S/C16H15F3N2O2/c17-16(18,19)12-8-4-3-7-11(12)14-9-13(15(22)23)20-21(14)10-5-1-2-6-10/h3-4,7-10H,1-2,5-6H2,(H,22,23).